The second-order valence-electron chi connectivity index (χ2n) is 4.83. The molecule has 0 N–H and O–H groups in total. The maximum absolute atomic E-state index is 13.4. The summed E-state index contributed by atoms with van der Waals surface area (Å²) in [5, 5.41) is 0.134. The first-order chi connectivity index (χ1) is 9.56. The summed E-state index contributed by atoms with van der Waals surface area (Å²) in [6, 6.07) is 7.99. The minimum absolute atomic E-state index is 0.134. The maximum Gasteiger partial charge on any atom is 0.194 e. The first-order valence-corrected chi connectivity index (χ1v) is 6.70. The van der Waals surface area contributed by atoms with E-state index >= 15 is 0 Å². The monoisotopic (exact) mass is 290 g/mol. The Bertz CT molecular complexity index is 710. The standard InChI is InChI=1S/C16H12ClFO2/c1-9-6-12(13(17)8-14(9)18)16(19)11-2-3-15-10(7-11)4-5-20-15/h2-3,6-8H,4-5H2,1H3. The number of rotatable bonds is 2. The molecule has 0 aliphatic carbocycles. The minimum Gasteiger partial charge on any atom is -0.493 e. The van der Waals surface area contributed by atoms with E-state index in [1.807, 2.05) is 6.07 Å². The molecular weight excluding hydrogens is 279 g/mol. The van der Waals surface area contributed by atoms with Crippen LogP contribution in [0.25, 0.3) is 0 Å². The summed E-state index contributed by atoms with van der Waals surface area (Å²) in [5.41, 5.74) is 2.29. The molecule has 4 heteroatoms. The molecule has 2 aromatic carbocycles. The largest absolute Gasteiger partial charge is 0.493 e. The van der Waals surface area contributed by atoms with Crippen LogP contribution in [0.4, 0.5) is 4.39 Å². The first kappa shape index (κ1) is 13.1. The Morgan fingerprint density at radius 2 is 2.10 bits per heavy atom. The van der Waals surface area contributed by atoms with E-state index in [0.717, 1.165) is 17.7 Å². The van der Waals surface area contributed by atoms with Gasteiger partial charge < -0.3 is 4.74 Å². The van der Waals surface area contributed by atoms with Gasteiger partial charge in [0, 0.05) is 17.5 Å². The minimum atomic E-state index is -0.408. The highest BCUT2D eigenvalue weighted by Gasteiger charge is 2.18. The SMILES string of the molecule is Cc1cc(C(=O)c2ccc3c(c2)CCO3)c(Cl)cc1F. The summed E-state index contributed by atoms with van der Waals surface area (Å²) in [6.07, 6.45) is 0.798. The number of ketones is 1. The Kier molecular flexibility index (Phi) is 3.22. The van der Waals surface area contributed by atoms with Crippen molar-refractivity contribution < 1.29 is 13.9 Å². The molecule has 0 spiro atoms. The predicted octanol–water partition coefficient (Wildman–Crippen LogP) is 3.95. The molecule has 3 rings (SSSR count). The fraction of sp³-hybridized carbons (Fsp3) is 0.188. The van der Waals surface area contributed by atoms with Gasteiger partial charge in [-0.3, -0.25) is 4.79 Å². The maximum atomic E-state index is 13.4. The van der Waals surface area contributed by atoms with Crippen LogP contribution in [0.3, 0.4) is 0 Å². The normalized spacial score (nSPS) is 12.9. The van der Waals surface area contributed by atoms with Gasteiger partial charge in [0.2, 0.25) is 0 Å². The van der Waals surface area contributed by atoms with Gasteiger partial charge in [0.1, 0.15) is 11.6 Å². The number of aryl methyl sites for hydroxylation is 1. The first-order valence-electron chi connectivity index (χ1n) is 6.32. The van der Waals surface area contributed by atoms with Crippen LogP contribution in [-0.4, -0.2) is 12.4 Å². The van der Waals surface area contributed by atoms with Gasteiger partial charge in [-0.1, -0.05) is 11.6 Å². The lowest BCUT2D eigenvalue weighted by atomic mass is 9.99. The highest BCUT2D eigenvalue weighted by atomic mass is 35.5. The molecule has 1 aliphatic heterocycles. The highest BCUT2D eigenvalue weighted by Crippen LogP contribution is 2.28. The number of carbonyl (C=O) groups excluding carboxylic acids is 1. The number of ether oxygens (including phenoxy) is 1. The van der Waals surface area contributed by atoms with Gasteiger partial charge in [-0.2, -0.15) is 0 Å². The molecule has 102 valence electrons. The van der Waals surface area contributed by atoms with Crippen molar-refractivity contribution in [3.05, 3.63) is 63.4 Å². The van der Waals surface area contributed by atoms with Crippen molar-refractivity contribution in [3.8, 4) is 5.75 Å². The molecule has 20 heavy (non-hydrogen) atoms. The van der Waals surface area contributed by atoms with E-state index in [4.69, 9.17) is 16.3 Å². The molecule has 0 bridgehead atoms. The van der Waals surface area contributed by atoms with Crippen LogP contribution in [0, 0.1) is 12.7 Å². The molecule has 0 atom stereocenters. The van der Waals surface area contributed by atoms with Crippen molar-refractivity contribution in [2.75, 3.05) is 6.61 Å². The molecule has 2 aromatic rings. The van der Waals surface area contributed by atoms with Gasteiger partial charge in [0.15, 0.2) is 5.78 Å². The van der Waals surface area contributed by atoms with Gasteiger partial charge in [0.05, 0.1) is 11.6 Å². The zero-order valence-electron chi connectivity index (χ0n) is 10.9. The third-order valence-corrected chi connectivity index (χ3v) is 3.76. The van der Waals surface area contributed by atoms with E-state index in [2.05, 4.69) is 0 Å². The Morgan fingerprint density at radius 1 is 1.30 bits per heavy atom. The van der Waals surface area contributed by atoms with Crippen molar-refractivity contribution in [1.29, 1.82) is 0 Å². The van der Waals surface area contributed by atoms with Crippen molar-refractivity contribution >= 4 is 17.4 Å². The number of halogens is 2. The summed E-state index contributed by atoms with van der Waals surface area (Å²) >= 11 is 5.98. The van der Waals surface area contributed by atoms with Gasteiger partial charge in [0.25, 0.3) is 0 Å². The summed E-state index contributed by atoms with van der Waals surface area (Å²) in [5.74, 6) is 0.213. The zero-order chi connectivity index (χ0) is 14.3. The smallest absolute Gasteiger partial charge is 0.194 e. The number of benzene rings is 2. The Hall–Kier alpha value is -1.87. The van der Waals surface area contributed by atoms with Gasteiger partial charge in [-0.05, 0) is 48.4 Å². The van der Waals surface area contributed by atoms with Crippen molar-refractivity contribution in [1.82, 2.24) is 0 Å². The van der Waals surface area contributed by atoms with E-state index in [1.165, 1.54) is 12.1 Å². The van der Waals surface area contributed by atoms with E-state index < -0.39 is 5.82 Å². The molecule has 1 aliphatic rings. The second-order valence-corrected chi connectivity index (χ2v) is 5.24. The van der Waals surface area contributed by atoms with Crippen LogP contribution >= 0.6 is 11.6 Å². The third-order valence-electron chi connectivity index (χ3n) is 3.44. The Morgan fingerprint density at radius 3 is 2.90 bits per heavy atom. The molecular formula is C16H12ClFO2. The molecule has 0 radical (unpaired) electrons. The molecule has 0 unspecified atom stereocenters. The van der Waals surface area contributed by atoms with E-state index in [-0.39, 0.29) is 10.8 Å². The van der Waals surface area contributed by atoms with Gasteiger partial charge in [-0.15, -0.1) is 0 Å². The van der Waals surface area contributed by atoms with E-state index in [0.29, 0.717) is 23.3 Å². The molecule has 0 aromatic heterocycles. The van der Waals surface area contributed by atoms with Crippen LogP contribution in [0.2, 0.25) is 5.02 Å². The number of fused-ring (bicyclic) bond motifs is 1. The fourth-order valence-electron chi connectivity index (χ4n) is 2.31. The topological polar surface area (TPSA) is 26.3 Å². The van der Waals surface area contributed by atoms with Crippen molar-refractivity contribution in [3.63, 3.8) is 0 Å². The molecule has 0 saturated heterocycles. The average molecular weight is 291 g/mol. The molecule has 0 amide bonds. The lowest BCUT2D eigenvalue weighted by molar-refractivity contribution is 0.103. The lowest BCUT2D eigenvalue weighted by Crippen LogP contribution is -2.04. The number of carbonyl (C=O) groups is 1. The summed E-state index contributed by atoms with van der Waals surface area (Å²) in [6.45, 7) is 2.25. The van der Waals surface area contributed by atoms with Gasteiger partial charge >= 0.3 is 0 Å². The Balaban J connectivity index is 2.03. The molecule has 0 fully saturated rings. The van der Waals surface area contributed by atoms with Gasteiger partial charge in [-0.25, -0.2) is 4.39 Å². The molecule has 1 heterocycles. The van der Waals surface area contributed by atoms with Crippen LogP contribution in [0.15, 0.2) is 30.3 Å². The van der Waals surface area contributed by atoms with Crippen LogP contribution < -0.4 is 4.74 Å². The molecule has 2 nitrogen and oxygen atoms in total. The third kappa shape index (κ3) is 2.18. The summed E-state index contributed by atoms with van der Waals surface area (Å²) in [7, 11) is 0. The quantitative estimate of drug-likeness (QED) is 0.783. The molecule has 0 saturated carbocycles. The number of hydrogen-bond donors (Lipinski definition) is 0. The van der Waals surface area contributed by atoms with Crippen molar-refractivity contribution in [2.45, 2.75) is 13.3 Å². The van der Waals surface area contributed by atoms with E-state index in [9.17, 15) is 9.18 Å². The summed E-state index contributed by atoms with van der Waals surface area (Å²) < 4.78 is 18.8. The number of hydrogen-bond acceptors (Lipinski definition) is 2. The Labute approximate surface area is 121 Å². The van der Waals surface area contributed by atoms with E-state index in [1.54, 1.807) is 19.1 Å². The van der Waals surface area contributed by atoms with Crippen LogP contribution in [0.5, 0.6) is 5.75 Å². The fourth-order valence-corrected chi connectivity index (χ4v) is 2.55. The summed E-state index contributed by atoms with van der Waals surface area (Å²) in [4.78, 5) is 12.5. The average Bonchev–Trinajstić information content (AvgIpc) is 2.89. The van der Waals surface area contributed by atoms with Crippen molar-refractivity contribution in [2.24, 2.45) is 0 Å². The predicted molar refractivity (Wildman–Crippen MR) is 75.2 cm³/mol. The lowest BCUT2D eigenvalue weighted by Gasteiger charge is -2.07. The highest BCUT2D eigenvalue weighted by molar-refractivity contribution is 6.35. The zero-order valence-corrected chi connectivity index (χ0v) is 11.6. The second kappa shape index (κ2) is 4.91. The van der Waals surface area contributed by atoms with Crippen LogP contribution in [0.1, 0.15) is 27.0 Å². The van der Waals surface area contributed by atoms with Crippen LogP contribution in [-0.2, 0) is 6.42 Å².